The van der Waals surface area contributed by atoms with Crippen LogP contribution in [-0.2, 0) is 46.0 Å². The molecular weight excluding hydrogens is 682 g/mol. The van der Waals surface area contributed by atoms with E-state index in [1.54, 1.807) is 0 Å². The summed E-state index contributed by atoms with van der Waals surface area (Å²) < 4.78 is 32.1. The Kier molecular flexibility index (Phi) is 10.7. The third kappa shape index (κ3) is 7.21. The van der Waals surface area contributed by atoms with E-state index in [4.69, 9.17) is 28.8 Å². The van der Waals surface area contributed by atoms with E-state index >= 15 is 0 Å². The molecule has 2 aliphatic rings. The van der Waals surface area contributed by atoms with Gasteiger partial charge in [0, 0.05) is 61.1 Å². The highest BCUT2D eigenvalue weighted by Crippen LogP contribution is 2.40. The molecule has 0 bridgehead atoms. The Morgan fingerprint density at radius 1 is 0.907 bits per heavy atom. The van der Waals surface area contributed by atoms with E-state index in [0.717, 1.165) is 73.9 Å². The third-order valence-electron chi connectivity index (χ3n) is 10.7. The molecule has 2 aliphatic heterocycles. The molecule has 1 saturated heterocycles. The minimum Gasteiger partial charge on any atom is -0.493 e. The maximum absolute atomic E-state index is 13.9. The van der Waals surface area contributed by atoms with Crippen LogP contribution in [-0.4, -0.2) is 58.9 Å². The number of aliphatic hydroxyl groups is 1. The average Bonchev–Trinajstić information content (AvgIpc) is 3.74. The molecule has 10 heteroatoms. The number of para-hydroxylation sites is 1. The SMILES string of the molecule is CCOC(=O)c1c(CCCOc2cccc3ccccc23)c2cccc3c2n1CCCCOCc1[nH]nc(COc2ccc(C4(O)CCOCC4)cc2)c1-3. The standard InChI is InChI=1S/C44H47N3O7/c1-2-52-43(48)42-35(15-9-25-53-39-16-7-11-30-10-3-4-12-33(30)39)34-13-8-14-36-40-37(28-51-24-6-5-23-47(42)41(34)36)45-46-38(40)29-54-32-19-17-31(18-20-32)44(49)21-26-50-27-22-44/h3-4,7-8,10-14,16-20,49H,2,5-6,9,15,21-29H2,1H3,(H,45,46). The van der Waals surface area contributed by atoms with Gasteiger partial charge in [0.05, 0.1) is 36.6 Å². The van der Waals surface area contributed by atoms with E-state index in [1.165, 1.54) is 0 Å². The van der Waals surface area contributed by atoms with Crippen molar-refractivity contribution in [3.05, 3.63) is 113 Å². The van der Waals surface area contributed by atoms with Gasteiger partial charge in [-0.1, -0.05) is 66.7 Å². The van der Waals surface area contributed by atoms with Crippen LogP contribution in [0.3, 0.4) is 0 Å². The number of H-pyrrole nitrogens is 1. The number of carbonyl (C=O) groups is 1. The molecule has 0 atom stereocenters. The van der Waals surface area contributed by atoms with Crippen molar-refractivity contribution in [3.8, 4) is 22.6 Å². The number of rotatable bonds is 11. The van der Waals surface area contributed by atoms with Gasteiger partial charge >= 0.3 is 5.97 Å². The lowest BCUT2D eigenvalue weighted by molar-refractivity contribution is -0.0679. The summed E-state index contributed by atoms with van der Waals surface area (Å²) in [7, 11) is 0. The summed E-state index contributed by atoms with van der Waals surface area (Å²) in [4.78, 5) is 13.9. The summed E-state index contributed by atoms with van der Waals surface area (Å²) in [6.45, 7) is 5.53. The quantitative estimate of drug-likeness (QED) is 0.101. The lowest BCUT2D eigenvalue weighted by Gasteiger charge is -2.32. The first-order valence-corrected chi connectivity index (χ1v) is 19.1. The van der Waals surface area contributed by atoms with Crippen molar-refractivity contribution in [3.63, 3.8) is 0 Å². The van der Waals surface area contributed by atoms with Crippen molar-refractivity contribution in [2.24, 2.45) is 0 Å². The van der Waals surface area contributed by atoms with Crippen molar-refractivity contribution < 1.29 is 33.6 Å². The van der Waals surface area contributed by atoms with E-state index in [0.29, 0.717) is 76.7 Å². The monoisotopic (exact) mass is 729 g/mol. The molecule has 4 aromatic carbocycles. The Hall–Kier alpha value is -5.16. The van der Waals surface area contributed by atoms with Crippen LogP contribution in [0.1, 0.15) is 72.0 Å². The van der Waals surface area contributed by atoms with Gasteiger partial charge in [-0.25, -0.2) is 4.79 Å². The molecule has 0 radical (unpaired) electrons. The van der Waals surface area contributed by atoms with Crippen LogP contribution in [0.4, 0.5) is 0 Å². The first kappa shape index (κ1) is 35.8. The van der Waals surface area contributed by atoms with Gasteiger partial charge in [-0.2, -0.15) is 5.10 Å². The molecule has 0 amide bonds. The van der Waals surface area contributed by atoms with Gasteiger partial charge in [0.25, 0.3) is 0 Å². The molecule has 0 unspecified atom stereocenters. The predicted octanol–water partition coefficient (Wildman–Crippen LogP) is 8.26. The van der Waals surface area contributed by atoms with Gasteiger partial charge in [0.2, 0.25) is 0 Å². The number of carbonyl (C=O) groups excluding carboxylic acids is 1. The van der Waals surface area contributed by atoms with Gasteiger partial charge in [-0.15, -0.1) is 0 Å². The number of hydrogen-bond acceptors (Lipinski definition) is 8. The van der Waals surface area contributed by atoms with Crippen molar-refractivity contribution >= 4 is 27.6 Å². The molecular formula is C44H47N3O7. The molecule has 280 valence electrons. The predicted molar refractivity (Wildman–Crippen MR) is 207 cm³/mol. The Bertz CT molecular complexity index is 2230. The molecule has 2 aromatic heterocycles. The highest BCUT2D eigenvalue weighted by atomic mass is 16.5. The Balaban J connectivity index is 1.12. The van der Waals surface area contributed by atoms with E-state index in [9.17, 15) is 9.90 Å². The fraction of sp³-hybridized carbons (Fsp3) is 0.364. The number of aryl methyl sites for hydroxylation is 2. The minimum atomic E-state index is -0.886. The normalized spacial score (nSPS) is 15.7. The lowest BCUT2D eigenvalue weighted by atomic mass is 9.86. The number of nitrogens with one attached hydrogen (secondary N) is 1. The summed E-state index contributed by atoms with van der Waals surface area (Å²) in [5, 5.41) is 22.4. The number of hydrogen-bond donors (Lipinski definition) is 2. The second-order valence-electron chi connectivity index (χ2n) is 14.1. The summed E-state index contributed by atoms with van der Waals surface area (Å²) in [6, 6.07) is 28.3. The fourth-order valence-corrected chi connectivity index (χ4v) is 7.95. The number of nitrogens with zero attached hydrogens (tertiary/aromatic N) is 2. The molecule has 0 spiro atoms. The molecule has 4 heterocycles. The van der Waals surface area contributed by atoms with Gasteiger partial charge in [-0.3, -0.25) is 5.10 Å². The zero-order chi connectivity index (χ0) is 36.9. The van der Waals surface area contributed by atoms with Crippen LogP contribution >= 0.6 is 0 Å². The number of ether oxygens (including phenoxy) is 5. The van der Waals surface area contributed by atoms with Gasteiger partial charge in [0.1, 0.15) is 29.5 Å². The summed E-state index contributed by atoms with van der Waals surface area (Å²) in [6.07, 6.45) is 4.18. The van der Waals surface area contributed by atoms with E-state index in [-0.39, 0.29) is 19.2 Å². The van der Waals surface area contributed by atoms with Crippen LogP contribution in [0.2, 0.25) is 0 Å². The number of esters is 1. The smallest absolute Gasteiger partial charge is 0.355 e. The molecule has 54 heavy (non-hydrogen) atoms. The molecule has 2 N–H and O–H groups in total. The first-order chi connectivity index (χ1) is 26.5. The Morgan fingerprint density at radius 3 is 2.56 bits per heavy atom. The van der Waals surface area contributed by atoms with E-state index in [2.05, 4.69) is 46.1 Å². The number of fused-ring (bicyclic) bond motifs is 3. The number of aromatic amines is 1. The number of benzene rings is 4. The zero-order valence-electron chi connectivity index (χ0n) is 30.8. The highest BCUT2D eigenvalue weighted by molar-refractivity contribution is 6.05. The molecule has 6 aromatic rings. The Labute approximate surface area is 314 Å². The number of aromatic nitrogens is 3. The van der Waals surface area contributed by atoms with Crippen LogP contribution < -0.4 is 9.47 Å². The summed E-state index contributed by atoms with van der Waals surface area (Å²) >= 11 is 0. The van der Waals surface area contributed by atoms with Crippen LogP contribution in [0, 0.1) is 0 Å². The molecule has 10 nitrogen and oxygen atoms in total. The second kappa shape index (κ2) is 16.1. The van der Waals surface area contributed by atoms with Crippen molar-refractivity contribution in [2.75, 3.05) is 33.0 Å². The van der Waals surface area contributed by atoms with Gasteiger partial charge in [-0.05, 0) is 67.3 Å². The summed E-state index contributed by atoms with van der Waals surface area (Å²) in [5.41, 5.74) is 5.99. The topological polar surface area (TPSA) is 117 Å². The van der Waals surface area contributed by atoms with Crippen LogP contribution in [0.25, 0.3) is 32.8 Å². The molecule has 0 aliphatic carbocycles. The molecule has 0 saturated carbocycles. The first-order valence-electron chi connectivity index (χ1n) is 19.1. The van der Waals surface area contributed by atoms with Gasteiger partial charge < -0.3 is 33.4 Å². The van der Waals surface area contributed by atoms with E-state index < -0.39 is 5.60 Å². The van der Waals surface area contributed by atoms with Crippen LogP contribution in [0.15, 0.2) is 84.9 Å². The molecule has 1 fully saturated rings. The second-order valence-corrected chi connectivity index (χ2v) is 14.1. The van der Waals surface area contributed by atoms with Gasteiger partial charge in [0.15, 0.2) is 0 Å². The van der Waals surface area contributed by atoms with Crippen LogP contribution in [0.5, 0.6) is 11.5 Å². The maximum atomic E-state index is 13.9. The van der Waals surface area contributed by atoms with Crippen molar-refractivity contribution in [1.29, 1.82) is 0 Å². The average molecular weight is 730 g/mol. The largest absolute Gasteiger partial charge is 0.493 e. The van der Waals surface area contributed by atoms with Crippen molar-refractivity contribution in [1.82, 2.24) is 14.8 Å². The maximum Gasteiger partial charge on any atom is 0.355 e. The zero-order valence-corrected chi connectivity index (χ0v) is 30.8. The Morgan fingerprint density at radius 2 is 1.70 bits per heavy atom. The fourth-order valence-electron chi connectivity index (χ4n) is 7.95. The minimum absolute atomic E-state index is 0.212. The summed E-state index contributed by atoms with van der Waals surface area (Å²) in [5.74, 6) is 1.22. The molecule has 8 rings (SSSR count). The van der Waals surface area contributed by atoms with Crippen molar-refractivity contribution in [2.45, 2.75) is 70.8 Å². The highest BCUT2D eigenvalue weighted by Gasteiger charge is 2.32. The van der Waals surface area contributed by atoms with E-state index in [1.807, 2.05) is 55.5 Å². The third-order valence-corrected chi connectivity index (χ3v) is 10.7. The lowest BCUT2D eigenvalue weighted by Crippen LogP contribution is -2.33.